The van der Waals surface area contributed by atoms with Gasteiger partial charge >= 0.3 is 0 Å². The first-order valence-electron chi connectivity index (χ1n) is 7.39. The molecule has 0 heterocycles. The molecule has 0 aliphatic carbocycles. The van der Waals surface area contributed by atoms with Crippen molar-refractivity contribution in [2.75, 3.05) is 5.32 Å². The van der Waals surface area contributed by atoms with Gasteiger partial charge in [-0.15, -0.1) is 0 Å². The predicted molar refractivity (Wildman–Crippen MR) is 95.9 cm³/mol. The molecule has 25 heavy (non-hydrogen) atoms. The van der Waals surface area contributed by atoms with Gasteiger partial charge in [0, 0.05) is 11.2 Å². The van der Waals surface area contributed by atoms with Gasteiger partial charge in [-0.05, 0) is 51.1 Å². The molecule has 0 unspecified atom stereocenters. The van der Waals surface area contributed by atoms with Crippen molar-refractivity contribution in [3.63, 3.8) is 0 Å². The lowest BCUT2D eigenvalue weighted by atomic mass is 10.1. The number of benzene rings is 2. The van der Waals surface area contributed by atoms with Crippen LogP contribution < -0.4 is 10.0 Å². The topological polar surface area (TPSA) is 75.3 Å². The molecule has 0 bridgehead atoms. The zero-order valence-corrected chi connectivity index (χ0v) is 15.5. The van der Waals surface area contributed by atoms with E-state index >= 15 is 0 Å². The summed E-state index contributed by atoms with van der Waals surface area (Å²) in [5, 5.41) is 2.43. The fourth-order valence-electron chi connectivity index (χ4n) is 2.11. The third kappa shape index (κ3) is 5.01. The van der Waals surface area contributed by atoms with Crippen molar-refractivity contribution >= 4 is 33.2 Å². The molecule has 0 aromatic heterocycles. The second-order valence-corrected chi connectivity index (χ2v) is 8.52. The summed E-state index contributed by atoms with van der Waals surface area (Å²) >= 11 is 5.86. The van der Waals surface area contributed by atoms with E-state index in [0.29, 0.717) is 0 Å². The quantitative estimate of drug-likeness (QED) is 0.841. The molecule has 0 spiro atoms. The van der Waals surface area contributed by atoms with Crippen molar-refractivity contribution < 1.29 is 17.6 Å². The highest BCUT2D eigenvalue weighted by molar-refractivity contribution is 7.89. The summed E-state index contributed by atoms with van der Waals surface area (Å²) in [6.45, 7) is 5.16. The molecule has 0 aliphatic heterocycles. The van der Waals surface area contributed by atoms with E-state index in [9.17, 15) is 17.6 Å². The molecule has 0 fully saturated rings. The lowest BCUT2D eigenvalue weighted by molar-refractivity contribution is 0.102. The third-order valence-electron chi connectivity index (χ3n) is 3.03. The Labute approximate surface area is 151 Å². The fraction of sp³-hybridized carbons (Fsp3) is 0.235. The standard InChI is InChI=1S/C17H18ClFN2O3S/c1-17(2,3)21-25(23,24)12-7-4-6-11(10-12)20-16(22)15-13(18)8-5-9-14(15)19/h4-10,21H,1-3H3,(H,20,22). The van der Waals surface area contributed by atoms with E-state index in [1.54, 1.807) is 20.8 Å². The van der Waals surface area contributed by atoms with Gasteiger partial charge in [-0.1, -0.05) is 23.7 Å². The first kappa shape index (κ1) is 19.4. The number of nitrogens with one attached hydrogen (secondary N) is 2. The third-order valence-corrected chi connectivity index (χ3v) is 5.10. The summed E-state index contributed by atoms with van der Waals surface area (Å²) in [4.78, 5) is 12.2. The average molecular weight is 385 g/mol. The fourth-order valence-corrected chi connectivity index (χ4v) is 3.82. The van der Waals surface area contributed by atoms with Crippen LogP contribution in [0.4, 0.5) is 10.1 Å². The maximum atomic E-state index is 13.8. The SMILES string of the molecule is CC(C)(C)NS(=O)(=O)c1cccc(NC(=O)c2c(F)cccc2Cl)c1. The molecule has 8 heteroatoms. The molecule has 134 valence electrons. The minimum absolute atomic E-state index is 0.0140. The van der Waals surface area contributed by atoms with Crippen molar-refractivity contribution in [2.45, 2.75) is 31.2 Å². The van der Waals surface area contributed by atoms with Gasteiger partial charge in [-0.2, -0.15) is 0 Å². The molecule has 0 saturated carbocycles. The van der Waals surface area contributed by atoms with E-state index in [-0.39, 0.29) is 21.2 Å². The van der Waals surface area contributed by atoms with E-state index in [1.165, 1.54) is 36.4 Å². The molecule has 0 saturated heterocycles. The van der Waals surface area contributed by atoms with Crippen molar-refractivity contribution in [3.8, 4) is 0 Å². The van der Waals surface area contributed by atoms with Crippen LogP contribution in [-0.4, -0.2) is 19.9 Å². The lowest BCUT2D eigenvalue weighted by Crippen LogP contribution is -2.40. The first-order valence-corrected chi connectivity index (χ1v) is 9.25. The van der Waals surface area contributed by atoms with Crippen LogP contribution in [-0.2, 0) is 10.0 Å². The Balaban J connectivity index is 2.30. The van der Waals surface area contributed by atoms with Gasteiger partial charge in [0.15, 0.2) is 0 Å². The highest BCUT2D eigenvalue weighted by Crippen LogP contribution is 2.22. The molecule has 2 aromatic carbocycles. The van der Waals surface area contributed by atoms with Gasteiger partial charge in [0.25, 0.3) is 5.91 Å². The zero-order valence-electron chi connectivity index (χ0n) is 13.9. The van der Waals surface area contributed by atoms with E-state index in [0.717, 1.165) is 6.07 Å². The maximum Gasteiger partial charge on any atom is 0.260 e. The number of rotatable bonds is 4. The van der Waals surface area contributed by atoms with Crippen LogP contribution in [0.25, 0.3) is 0 Å². The Morgan fingerprint density at radius 1 is 1.12 bits per heavy atom. The van der Waals surface area contributed by atoms with Gasteiger partial charge < -0.3 is 5.32 Å². The van der Waals surface area contributed by atoms with Crippen LogP contribution in [0.5, 0.6) is 0 Å². The Morgan fingerprint density at radius 2 is 1.76 bits per heavy atom. The molecule has 1 amide bonds. The van der Waals surface area contributed by atoms with E-state index in [2.05, 4.69) is 10.0 Å². The summed E-state index contributed by atoms with van der Waals surface area (Å²) in [5.41, 5.74) is -0.745. The molecule has 0 radical (unpaired) electrons. The number of hydrogen-bond donors (Lipinski definition) is 2. The van der Waals surface area contributed by atoms with Crippen LogP contribution in [0.1, 0.15) is 31.1 Å². The molecule has 5 nitrogen and oxygen atoms in total. The van der Waals surface area contributed by atoms with Crippen molar-refractivity contribution in [3.05, 3.63) is 58.9 Å². The molecular weight excluding hydrogens is 367 g/mol. The average Bonchev–Trinajstić information content (AvgIpc) is 2.44. The summed E-state index contributed by atoms with van der Waals surface area (Å²) in [6.07, 6.45) is 0. The number of carbonyl (C=O) groups is 1. The normalized spacial score (nSPS) is 12.0. The molecule has 2 N–H and O–H groups in total. The van der Waals surface area contributed by atoms with Crippen LogP contribution in [0.2, 0.25) is 5.02 Å². The van der Waals surface area contributed by atoms with E-state index in [4.69, 9.17) is 11.6 Å². The Kier molecular flexibility index (Phi) is 5.51. The van der Waals surface area contributed by atoms with E-state index in [1.807, 2.05) is 0 Å². The molecule has 0 aliphatic rings. The summed E-state index contributed by atoms with van der Waals surface area (Å²) in [7, 11) is -3.76. The lowest BCUT2D eigenvalue weighted by Gasteiger charge is -2.20. The smallest absolute Gasteiger partial charge is 0.260 e. The highest BCUT2D eigenvalue weighted by atomic mass is 35.5. The Bertz CT molecular complexity index is 888. The molecule has 2 rings (SSSR count). The second-order valence-electron chi connectivity index (χ2n) is 6.43. The van der Waals surface area contributed by atoms with Crippen LogP contribution in [0.3, 0.4) is 0 Å². The first-order chi connectivity index (χ1) is 11.5. The minimum Gasteiger partial charge on any atom is -0.322 e. The predicted octanol–water partition coefficient (Wildman–Crippen LogP) is 3.81. The Morgan fingerprint density at radius 3 is 2.36 bits per heavy atom. The van der Waals surface area contributed by atoms with Gasteiger partial charge in [0.05, 0.1) is 15.5 Å². The van der Waals surface area contributed by atoms with Gasteiger partial charge in [-0.3, -0.25) is 4.79 Å². The molecule has 0 atom stereocenters. The zero-order chi connectivity index (χ0) is 18.8. The summed E-state index contributed by atoms with van der Waals surface area (Å²) < 4.78 is 41.0. The monoisotopic (exact) mass is 384 g/mol. The number of sulfonamides is 1. The maximum absolute atomic E-state index is 13.8. The van der Waals surface area contributed by atoms with Gasteiger partial charge in [0.1, 0.15) is 5.82 Å². The van der Waals surface area contributed by atoms with Crippen molar-refractivity contribution in [1.29, 1.82) is 0 Å². The van der Waals surface area contributed by atoms with Crippen LogP contribution >= 0.6 is 11.6 Å². The summed E-state index contributed by atoms with van der Waals surface area (Å²) in [6, 6.07) is 9.58. The number of anilines is 1. The van der Waals surface area contributed by atoms with Crippen molar-refractivity contribution in [2.24, 2.45) is 0 Å². The molecular formula is C17H18ClFN2O3S. The number of hydrogen-bond acceptors (Lipinski definition) is 3. The number of carbonyl (C=O) groups excluding carboxylic acids is 1. The van der Waals surface area contributed by atoms with Crippen LogP contribution in [0, 0.1) is 5.82 Å². The van der Waals surface area contributed by atoms with E-state index < -0.39 is 27.3 Å². The van der Waals surface area contributed by atoms with Crippen molar-refractivity contribution in [1.82, 2.24) is 4.72 Å². The highest BCUT2D eigenvalue weighted by Gasteiger charge is 2.22. The number of amides is 1. The molecule has 2 aromatic rings. The number of halogens is 2. The Hall–Kier alpha value is -1.96. The van der Waals surface area contributed by atoms with Gasteiger partial charge in [-0.25, -0.2) is 17.5 Å². The summed E-state index contributed by atoms with van der Waals surface area (Å²) in [5.74, 6) is -1.52. The van der Waals surface area contributed by atoms with Crippen LogP contribution in [0.15, 0.2) is 47.4 Å². The largest absolute Gasteiger partial charge is 0.322 e. The van der Waals surface area contributed by atoms with Gasteiger partial charge in [0.2, 0.25) is 10.0 Å². The second kappa shape index (κ2) is 7.11. The minimum atomic E-state index is -3.76.